The first-order chi connectivity index (χ1) is 17.4. The van der Waals surface area contributed by atoms with E-state index in [9.17, 15) is 14.4 Å². The van der Waals surface area contributed by atoms with Gasteiger partial charge in [0.1, 0.15) is 18.4 Å². The molecule has 0 bridgehead atoms. The smallest absolute Gasteiger partial charge is 0.308 e. The van der Waals surface area contributed by atoms with Crippen LogP contribution >= 0.6 is 28.1 Å². The molecule has 1 fully saturated rings. The van der Waals surface area contributed by atoms with Gasteiger partial charge in [-0.3, -0.25) is 19.7 Å². The number of benzene rings is 2. The monoisotopic (exact) mass is 577 g/mol. The summed E-state index contributed by atoms with van der Waals surface area (Å²) >= 11 is 8.85. The molecule has 1 aliphatic heterocycles. The number of esters is 1. The van der Waals surface area contributed by atoms with Gasteiger partial charge in [-0.1, -0.05) is 46.3 Å². The lowest BCUT2D eigenvalue weighted by Gasteiger charge is -2.36. The van der Waals surface area contributed by atoms with Crippen LogP contribution in [0.5, 0.6) is 5.75 Å². The molecular weight excluding hydrogens is 550 g/mol. The second-order valence-electron chi connectivity index (χ2n) is 7.90. The fourth-order valence-electron chi connectivity index (χ4n) is 3.58. The van der Waals surface area contributed by atoms with Crippen LogP contribution in [0.25, 0.3) is 0 Å². The number of carbonyl (C=O) groups is 3. The molecule has 1 atom stereocenters. The molecule has 0 spiro atoms. The van der Waals surface area contributed by atoms with E-state index in [1.807, 2.05) is 30.3 Å². The first-order valence-corrected chi connectivity index (χ1v) is 12.6. The molecule has 11 heteroatoms. The van der Waals surface area contributed by atoms with Crippen molar-refractivity contribution in [1.82, 2.24) is 15.5 Å². The predicted octanol–water partition coefficient (Wildman–Crippen LogP) is 2.47. The van der Waals surface area contributed by atoms with Gasteiger partial charge in [-0.25, -0.2) is 0 Å². The van der Waals surface area contributed by atoms with E-state index in [-0.39, 0.29) is 36.2 Å². The number of ether oxygens (including phenoxy) is 3. The van der Waals surface area contributed by atoms with Crippen LogP contribution in [-0.2, 0) is 25.5 Å². The van der Waals surface area contributed by atoms with Gasteiger partial charge in [-0.2, -0.15) is 0 Å². The molecule has 1 heterocycles. The lowest BCUT2D eigenvalue weighted by Crippen LogP contribution is -2.60. The Labute approximate surface area is 223 Å². The van der Waals surface area contributed by atoms with Crippen LogP contribution in [0.3, 0.4) is 0 Å². The van der Waals surface area contributed by atoms with Gasteiger partial charge in [0, 0.05) is 31.1 Å². The molecule has 2 aromatic carbocycles. The van der Waals surface area contributed by atoms with Crippen molar-refractivity contribution in [3.63, 3.8) is 0 Å². The Kier molecular flexibility index (Phi) is 10.6. The van der Waals surface area contributed by atoms with Crippen molar-refractivity contribution < 1.29 is 28.6 Å². The van der Waals surface area contributed by atoms with Crippen LogP contribution < -0.4 is 15.4 Å². The minimum absolute atomic E-state index is 0.0414. The summed E-state index contributed by atoms with van der Waals surface area (Å²) in [5, 5.41) is 5.44. The summed E-state index contributed by atoms with van der Waals surface area (Å²) in [7, 11) is 1.50. The number of thiocarbonyl (C=S) groups is 1. The first kappa shape index (κ1) is 27.6. The molecule has 0 aliphatic carbocycles. The van der Waals surface area contributed by atoms with Gasteiger partial charge in [0.05, 0.1) is 25.2 Å². The van der Waals surface area contributed by atoms with Crippen molar-refractivity contribution in [3.05, 3.63) is 64.1 Å². The third-order valence-corrected chi connectivity index (χ3v) is 6.23. The normalized spacial score (nSPS) is 15.1. The molecule has 0 radical (unpaired) electrons. The molecule has 192 valence electrons. The summed E-state index contributed by atoms with van der Waals surface area (Å²) < 4.78 is 16.6. The van der Waals surface area contributed by atoms with Crippen LogP contribution in [0.15, 0.2) is 53.0 Å². The molecular formula is C25H28BrN3O6S. The lowest BCUT2D eigenvalue weighted by molar-refractivity contribution is -0.148. The average molecular weight is 578 g/mol. The van der Waals surface area contributed by atoms with Crippen molar-refractivity contribution in [2.75, 3.05) is 40.0 Å². The second-order valence-corrected chi connectivity index (χ2v) is 9.20. The van der Waals surface area contributed by atoms with Gasteiger partial charge in [0.15, 0.2) is 5.11 Å². The highest BCUT2D eigenvalue weighted by atomic mass is 79.9. The number of hydrogen-bond acceptors (Lipinski definition) is 7. The maximum Gasteiger partial charge on any atom is 0.308 e. The predicted molar refractivity (Wildman–Crippen MR) is 141 cm³/mol. The van der Waals surface area contributed by atoms with Crippen molar-refractivity contribution in [3.8, 4) is 5.75 Å². The van der Waals surface area contributed by atoms with Gasteiger partial charge >= 0.3 is 5.97 Å². The van der Waals surface area contributed by atoms with Crippen molar-refractivity contribution in [1.29, 1.82) is 0 Å². The van der Waals surface area contributed by atoms with E-state index in [0.29, 0.717) is 36.3 Å². The highest BCUT2D eigenvalue weighted by Crippen LogP contribution is 2.24. The molecule has 0 saturated carbocycles. The molecule has 2 amide bonds. The number of piperazine rings is 1. The number of amides is 2. The van der Waals surface area contributed by atoms with Gasteiger partial charge < -0.3 is 24.4 Å². The van der Waals surface area contributed by atoms with Crippen molar-refractivity contribution >= 4 is 51.0 Å². The SMILES string of the molecule is COCCOC(=O)CC1C(=O)NCCN1C(=S)NC(=O)c1cc(Br)ccc1OCCc1ccccc1. The van der Waals surface area contributed by atoms with Crippen molar-refractivity contribution in [2.45, 2.75) is 18.9 Å². The molecule has 1 unspecified atom stereocenters. The molecule has 2 N–H and O–H groups in total. The summed E-state index contributed by atoms with van der Waals surface area (Å²) in [4.78, 5) is 39.4. The Bertz CT molecular complexity index is 1080. The maximum absolute atomic E-state index is 13.2. The lowest BCUT2D eigenvalue weighted by atomic mass is 10.1. The zero-order valence-electron chi connectivity index (χ0n) is 19.8. The van der Waals surface area contributed by atoms with E-state index in [1.54, 1.807) is 18.2 Å². The zero-order valence-corrected chi connectivity index (χ0v) is 22.2. The summed E-state index contributed by atoms with van der Waals surface area (Å²) in [6.45, 7) is 1.38. The van der Waals surface area contributed by atoms with E-state index in [2.05, 4.69) is 26.6 Å². The summed E-state index contributed by atoms with van der Waals surface area (Å²) in [5.74, 6) is -1.00. The van der Waals surface area contributed by atoms with E-state index in [4.69, 9.17) is 26.4 Å². The average Bonchev–Trinajstić information content (AvgIpc) is 2.86. The van der Waals surface area contributed by atoms with Gasteiger partial charge in [-0.15, -0.1) is 0 Å². The standard InChI is InChI=1S/C25H28BrN3O6S/c1-33-13-14-35-22(30)16-20-24(32)27-10-11-29(20)25(36)28-23(31)19-15-18(26)7-8-21(19)34-12-9-17-5-3-2-4-6-17/h2-8,15,20H,9-14,16H2,1H3,(H,27,32)(H,28,31,36). The number of nitrogens with one attached hydrogen (secondary N) is 2. The molecule has 1 saturated heterocycles. The van der Waals surface area contributed by atoms with Crippen LogP contribution in [-0.4, -0.2) is 73.9 Å². The summed E-state index contributed by atoms with van der Waals surface area (Å²) in [6.07, 6.45) is 0.470. The van der Waals surface area contributed by atoms with Crippen LogP contribution in [0.1, 0.15) is 22.3 Å². The molecule has 0 aromatic heterocycles. The molecule has 2 aromatic rings. The maximum atomic E-state index is 13.2. The van der Waals surface area contributed by atoms with Gasteiger partial charge in [-0.05, 0) is 36.0 Å². The Hall–Kier alpha value is -3.02. The minimum Gasteiger partial charge on any atom is -0.492 e. The number of hydrogen-bond donors (Lipinski definition) is 2. The largest absolute Gasteiger partial charge is 0.492 e. The molecule has 9 nitrogen and oxygen atoms in total. The molecule has 3 rings (SSSR count). The Balaban J connectivity index is 1.65. The fraction of sp³-hybridized carbons (Fsp3) is 0.360. The highest BCUT2D eigenvalue weighted by molar-refractivity contribution is 9.10. The number of carbonyl (C=O) groups excluding carboxylic acids is 3. The van der Waals surface area contributed by atoms with Crippen LogP contribution in [0.4, 0.5) is 0 Å². The van der Waals surface area contributed by atoms with E-state index < -0.39 is 17.9 Å². The number of halogens is 1. The number of rotatable bonds is 10. The third-order valence-electron chi connectivity index (χ3n) is 5.40. The van der Waals surface area contributed by atoms with E-state index in [1.165, 1.54) is 12.0 Å². The number of nitrogens with zero attached hydrogens (tertiary/aromatic N) is 1. The Morgan fingerprint density at radius 1 is 1.17 bits per heavy atom. The van der Waals surface area contributed by atoms with Crippen LogP contribution in [0, 0.1) is 0 Å². The van der Waals surface area contributed by atoms with E-state index >= 15 is 0 Å². The topological polar surface area (TPSA) is 106 Å². The summed E-state index contributed by atoms with van der Waals surface area (Å²) in [6, 6.07) is 14.1. The number of methoxy groups -OCH3 is 1. The van der Waals surface area contributed by atoms with Crippen LogP contribution in [0.2, 0.25) is 0 Å². The fourth-order valence-corrected chi connectivity index (χ4v) is 4.25. The Morgan fingerprint density at radius 3 is 2.69 bits per heavy atom. The van der Waals surface area contributed by atoms with Gasteiger partial charge in [0.2, 0.25) is 5.91 Å². The first-order valence-electron chi connectivity index (χ1n) is 11.4. The summed E-state index contributed by atoms with van der Waals surface area (Å²) in [5.41, 5.74) is 1.41. The van der Waals surface area contributed by atoms with Gasteiger partial charge in [0.25, 0.3) is 5.91 Å². The molecule has 36 heavy (non-hydrogen) atoms. The quantitative estimate of drug-likeness (QED) is 0.252. The minimum atomic E-state index is -0.898. The van der Waals surface area contributed by atoms with Crippen molar-refractivity contribution in [2.24, 2.45) is 0 Å². The highest BCUT2D eigenvalue weighted by Gasteiger charge is 2.34. The zero-order chi connectivity index (χ0) is 25.9. The third kappa shape index (κ3) is 8.00. The molecule has 1 aliphatic rings. The second kappa shape index (κ2) is 13.9. The Morgan fingerprint density at radius 2 is 1.94 bits per heavy atom. The van der Waals surface area contributed by atoms with E-state index in [0.717, 1.165) is 5.56 Å².